The number of nitrogens with zero attached hydrogens (tertiary/aromatic N) is 1. The molecular formula is C16H17NO4. The molecule has 0 radical (unpaired) electrons. The fourth-order valence-corrected chi connectivity index (χ4v) is 2.70. The van der Waals surface area contributed by atoms with Crippen LogP contribution in [0.2, 0.25) is 0 Å². The van der Waals surface area contributed by atoms with E-state index in [2.05, 4.69) is 0 Å². The highest BCUT2D eigenvalue weighted by atomic mass is 16.4. The lowest BCUT2D eigenvalue weighted by Gasteiger charge is -2.30. The summed E-state index contributed by atoms with van der Waals surface area (Å²) in [6.07, 6.45) is 1.53. The minimum absolute atomic E-state index is 0.0798. The van der Waals surface area contributed by atoms with Crippen LogP contribution in [0.5, 0.6) is 0 Å². The number of piperidine rings is 1. The molecule has 1 fully saturated rings. The molecule has 21 heavy (non-hydrogen) atoms. The number of benzene rings is 1. The van der Waals surface area contributed by atoms with Crippen molar-refractivity contribution in [1.82, 2.24) is 4.90 Å². The molecule has 110 valence electrons. The Balaban J connectivity index is 1.88. The van der Waals surface area contributed by atoms with Crippen molar-refractivity contribution in [2.45, 2.75) is 12.8 Å². The van der Waals surface area contributed by atoms with Gasteiger partial charge in [-0.25, -0.2) is 4.79 Å². The Morgan fingerprint density at radius 1 is 1.29 bits per heavy atom. The summed E-state index contributed by atoms with van der Waals surface area (Å²) in [5.41, 5.74) is -0.0304. The molecule has 0 bridgehead atoms. The number of fused-ring (bicyclic) bond motifs is 1. The van der Waals surface area contributed by atoms with Crippen molar-refractivity contribution in [2.75, 3.05) is 19.7 Å². The van der Waals surface area contributed by atoms with Gasteiger partial charge in [-0.05, 0) is 30.9 Å². The van der Waals surface area contributed by atoms with Crippen LogP contribution in [-0.2, 0) is 0 Å². The first kappa shape index (κ1) is 13.8. The second-order valence-corrected chi connectivity index (χ2v) is 5.40. The average Bonchev–Trinajstić information content (AvgIpc) is 2.53. The van der Waals surface area contributed by atoms with Gasteiger partial charge in [0.2, 0.25) is 0 Å². The zero-order valence-electron chi connectivity index (χ0n) is 11.6. The van der Waals surface area contributed by atoms with E-state index in [1.807, 2.05) is 12.1 Å². The van der Waals surface area contributed by atoms with E-state index < -0.39 is 5.63 Å². The summed E-state index contributed by atoms with van der Waals surface area (Å²) in [5, 5.41) is 9.87. The predicted octanol–water partition coefficient (Wildman–Crippen LogP) is 1.64. The van der Waals surface area contributed by atoms with E-state index in [1.165, 1.54) is 0 Å². The Hall–Kier alpha value is -2.14. The molecule has 5 heteroatoms. The molecule has 0 spiro atoms. The highest BCUT2D eigenvalue weighted by molar-refractivity contribution is 5.96. The summed E-state index contributed by atoms with van der Waals surface area (Å²) in [6, 6.07) is 8.74. The normalized spacial score (nSPS) is 16.3. The van der Waals surface area contributed by atoms with Crippen molar-refractivity contribution in [1.29, 1.82) is 0 Å². The molecule has 1 aliphatic heterocycles. The molecule has 1 amide bonds. The number of para-hydroxylation sites is 1. The standard InChI is InChI=1S/C16H17NO4/c18-10-11-5-7-17(8-6-11)15(19)13-9-12-3-1-2-4-14(12)21-16(13)20/h1-4,9,11,18H,5-8,10H2. The number of hydrogen-bond acceptors (Lipinski definition) is 4. The Morgan fingerprint density at radius 3 is 2.71 bits per heavy atom. The maximum Gasteiger partial charge on any atom is 0.349 e. The van der Waals surface area contributed by atoms with Gasteiger partial charge in [-0.1, -0.05) is 18.2 Å². The highest BCUT2D eigenvalue weighted by Crippen LogP contribution is 2.19. The van der Waals surface area contributed by atoms with E-state index in [0.29, 0.717) is 18.7 Å². The predicted molar refractivity (Wildman–Crippen MR) is 78.2 cm³/mol. The zero-order chi connectivity index (χ0) is 14.8. The fourth-order valence-electron chi connectivity index (χ4n) is 2.70. The van der Waals surface area contributed by atoms with Crippen LogP contribution in [0.25, 0.3) is 11.0 Å². The lowest BCUT2D eigenvalue weighted by atomic mass is 9.97. The van der Waals surface area contributed by atoms with Gasteiger partial charge in [-0.15, -0.1) is 0 Å². The van der Waals surface area contributed by atoms with Crippen molar-refractivity contribution in [3.05, 3.63) is 46.3 Å². The van der Waals surface area contributed by atoms with Crippen molar-refractivity contribution in [3.8, 4) is 0 Å². The third-order valence-corrected chi connectivity index (χ3v) is 4.03. The maximum atomic E-state index is 12.5. The van der Waals surface area contributed by atoms with Gasteiger partial charge in [0.25, 0.3) is 5.91 Å². The van der Waals surface area contributed by atoms with E-state index in [0.717, 1.165) is 18.2 Å². The van der Waals surface area contributed by atoms with Crippen LogP contribution in [0.15, 0.2) is 39.5 Å². The van der Waals surface area contributed by atoms with Gasteiger partial charge in [-0.2, -0.15) is 0 Å². The van der Waals surface area contributed by atoms with Gasteiger partial charge >= 0.3 is 5.63 Å². The van der Waals surface area contributed by atoms with Crippen molar-refractivity contribution < 1.29 is 14.3 Å². The van der Waals surface area contributed by atoms with Gasteiger partial charge in [0, 0.05) is 25.1 Å². The lowest BCUT2D eigenvalue weighted by molar-refractivity contribution is 0.0647. The van der Waals surface area contributed by atoms with Gasteiger partial charge in [0.1, 0.15) is 11.1 Å². The van der Waals surface area contributed by atoms with Crippen molar-refractivity contribution in [2.24, 2.45) is 5.92 Å². The molecule has 1 saturated heterocycles. The SMILES string of the molecule is O=C(c1cc2ccccc2oc1=O)N1CCC(CO)CC1. The van der Waals surface area contributed by atoms with Gasteiger partial charge in [0.15, 0.2) is 0 Å². The second-order valence-electron chi connectivity index (χ2n) is 5.40. The Labute approximate surface area is 121 Å². The molecule has 3 rings (SSSR count). The number of rotatable bonds is 2. The second kappa shape index (κ2) is 5.69. The quantitative estimate of drug-likeness (QED) is 0.852. The molecule has 0 unspecified atom stereocenters. The van der Waals surface area contributed by atoms with E-state index in [9.17, 15) is 9.59 Å². The molecule has 0 atom stereocenters. The molecule has 2 heterocycles. The summed E-state index contributed by atoms with van der Waals surface area (Å²) in [5.74, 6) is -0.0343. The Bertz CT molecular complexity index is 714. The number of aliphatic hydroxyl groups excluding tert-OH is 1. The molecule has 5 nitrogen and oxygen atoms in total. The van der Waals surface area contributed by atoms with Gasteiger partial charge < -0.3 is 14.4 Å². The summed E-state index contributed by atoms with van der Waals surface area (Å²) < 4.78 is 5.20. The smallest absolute Gasteiger partial charge is 0.349 e. The molecular weight excluding hydrogens is 270 g/mol. The minimum atomic E-state index is -0.594. The topological polar surface area (TPSA) is 70.8 Å². The third kappa shape index (κ3) is 2.69. The van der Waals surface area contributed by atoms with E-state index in [1.54, 1.807) is 23.1 Å². The first-order valence-electron chi connectivity index (χ1n) is 7.12. The van der Waals surface area contributed by atoms with Crippen LogP contribution >= 0.6 is 0 Å². The number of amides is 1. The summed E-state index contributed by atoms with van der Waals surface area (Å²) in [6.45, 7) is 1.28. The average molecular weight is 287 g/mol. The minimum Gasteiger partial charge on any atom is -0.422 e. The van der Waals surface area contributed by atoms with Crippen LogP contribution in [-0.4, -0.2) is 35.6 Å². The van der Waals surface area contributed by atoms with Crippen LogP contribution in [0, 0.1) is 5.92 Å². The fraction of sp³-hybridized carbons (Fsp3) is 0.375. The molecule has 1 N–H and O–H groups in total. The molecule has 0 aliphatic carbocycles. The van der Waals surface area contributed by atoms with E-state index >= 15 is 0 Å². The number of carbonyl (C=O) groups is 1. The Morgan fingerprint density at radius 2 is 2.00 bits per heavy atom. The third-order valence-electron chi connectivity index (χ3n) is 4.03. The first-order chi connectivity index (χ1) is 10.2. The first-order valence-corrected chi connectivity index (χ1v) is 7.12. The maximum absolute atomic E-state index is 12.5. The molecule has 2 aromatic rings. The van der Waals surface area contributed by atoms with Crippen molar-refractivity contribution >= 4 is 16.9 Å². The number of likely N-dealkylation sites (tertiary alicyclic amines) is 1. The Kier molecular flexibility index (Phi) is 3.75. The molecule has 1 aromatic carbocycles. The van der Waals surface area contributed by atoms with Crippen LogP contribution in [0.3, 0.4) is 0 Å². The van der Waals surface area contributed by atoms with Crippen LogP contribution in [0.4, 0.5) is 0 Å². The zero-order valence-corrected chi connectivity index (χ0v) is 11.6. The monoisotopic (exact) mass is 287 g/mol. The number of carbonyl (C=O) groups excluding carboxylic acids is 1. The van der Waals surface area contributed by atoms with Gasteiger partial charge in [0.05, 0.1) is 0 Å². The van der Waals surface area contributed by atoms with Crippen molar-refractivity contribution in [3.63, 3.8) is 0 Å². The van der Waals surface area contributed by atoms with Gasteiger partial charge in [-0.3, -0.25) is 4.79 Å². The number of hydrogen-bond donors (Lipinski definition) is 1. The van der Waals surface area contributed by atoms with E-state index in [-0.39, 0.29) is 24.0 Å². The lowest BCUT2D eigenvalue weighted by Crippen LogP contribution is -2.40. The summed E-state index contributed by atoms with van der Waals surface area (Å²) in [4.78, 5) is 26.1. The molecule has 1 aromatic heterocycles. The van der Waals surface area contributed by atoms with Crippen LogP contribution in [0.1, 0.15) is 23.2 Å². The largest absolute Gasteiger partial charge is 0.422 e. The number of aliphatic hydroxyl groups is 1. The highest BCUT2D eigenvalue weighted by Gasteiger charge is 2.25. The molecule has 1 aliphatic rings. The summed E-state index contributed by atoms with van der Waals surface area (Å²) in [7, 11) is 0. The van der Waals surface area contributed by atoms with Crippen LogP contribution < -0.4 is 5.63 Å². The molecule has 0 saturated carbocycles. The van der Waals surface area contributed by atoms with E-state index in [4.69, 9.17) is 9.52 Å². The summed E-state index contributed by atoms with van der Waals surface area (Å²) >= 11 is 0.